The van der Waals surface area contributed by atoms with Gasteiger partial charge < -0.3 is 10.1 Å². The number of hydrogen-bond acceptors (Lipinski definition) is 5. The molecule has 0 aliphatic carbocycles. The molecule has 1 aromatic heterocycles. The van der Waals surface area contributed by atoms with E-state index in [0.29, 0.717) is 6.04 Å². The molecule has 0 amide bonds. The van der Waals surface area contributed by atoms with Crippen molar-refractivity contribution in [3.8, 4) is 0 Å². The maximum Gasteiger partial charge on any atom is 0.125 e. The minimum Gasteiger partial charge on any atom is -0.383 e. The quantitative estimate of drug-likeness (QED) is 0.796. The SMILES string of the molecule is COCCN(Cc1ccnc(C)n1)CC1CCCN1. The summed E-state index contributed by atoms with van der Waals surface area (Å²) in [7, 11) is 1.75. The zero-order valence-electron chi connectivity index (χ0n) is 11.9. The van der Waals surface area contributed by atoms with Crippen LogP contribution >= 0.6 is 0 Å². The van der Waals surface area contributed by atoms with Crippen molar-refractivity contribution < 1.29 is 4.74 Å². The van der Waals surface area contributed by atoms with Crippen LogP contribution in [0.15, 0.2) is 12.3 Å². The zero-order valence-corrected chi connectivity index (χ0v) is 11.9. The summed E-state index contributed by atoms with van der Waals surface area (Å²) in [6, 6.07) is 2.61. The molecule has 1 fully saturated rings. The van der Waals surface area contributed by atoms with Crippen LogP contribution in [0.1, 0.15) is 24.4 Å². The van der Waals surface area contributed by atoms with Gasteiger partial charge in [-0.05, 0) is 32.4 Å². The van der Waals surface area contributed by atoms with Crippen LogP contribution in [0.4, 0.5) is 0 Å². The summed E-state index contributed by atoms with van der Waals surface area (Å²) in [5.74, 6) is 0.836. The van der Waals surface area contributed by atoms with Crippen LogP contribution in [-0.2, 0) is 11.3 Å². The number of rotatable bonds is 7. The molecule has 0 aromatic carbocycles. The van der Waals surface area contributed by atoms with Crippen LogP contribution < -0.4 is 5.32 Å². The van der Waals surface area contributed by atoms with Gasteiger partial charge in [-0.25, -0.2) is 9.97 Å². The van der Waals surface area contributed by atoms with Gasteiger partial charge in [0.1, 0.15) is 5.82 Å². The molecule has 106 valence electrons. The number of aromatic nitrogens is 2. The molecule has 1 aliphatic heterocycles. The molecule has 5 heteroatoms. The Bertz CT molecular complexity index is 379. The monoisotopic (exact) mass is 264 g/mol. The highest BCUT2D eigenvalue weighted by Gasteiger charge is 2.18. The molecular weight excluding hydrogens is 240 g/mol. The molecule has 1 saturated heterocycles. The van der Waals surface area contributed by atoms with Crippen LogP contribution in [0, 0.1) is 6.92 Å². The highest BCUT2D eigenvalue weighted by atomic mass is 16.5. The lowest BCUT2D eigenvalue weighted by Crippen LogP contribution is -2.39. The lowest BCUT2D eigenvalue weighted by atomic mass is 10.2. The first-order chi connectivity index (χ1) is 9.28. The van der Waals surface area contributed by atoms with Gasteiger partial charge in [-0.15, -0.1) is 0 Å². The highest BCUT2D eigenvalue weighted by molar-refractivity contribution is 5.01. The van der Waals surface area contributed by atoms with E-state index in [4.69, 9.17) is 4.74 Å². The second-order valence-corrected chi connectivity index (χ2v) is 5.12. The third-order valence-corrected chi connectivity index (χ3v) is 3.47. The van der Waals surface area contributed by atoms with Gasteiger partial charge in [-0.2, -0.15) is 0 Å². The number of hydrogen-bond donors (Lipinski definition) is 1. The van der Waals surface area contributed by atoms with Crippen molar-refractivity contribution in [1.82, 2.24) is 20.2 Å². The third kappa shape index (κ3) is 4.86. The van der Waals surface area contributed by atoms with Gasteiger partial charge in [0.2, 0.25) is 0 Å². The third-order valence-electron chi connectivity index (χ3n) is 3.47. The van der Waals surface area contributed by atoms with Gasteiger partial charge in [0.25, 0.3) is 0 Å². The molecule has 5 nitrogen and oxygen atoms in total. The summed E-state index contributed by atoms with van der Waals surface area (Å²) in [6.45, 7) is 6.71. The number of methoxy groups -OCH3 is 1. The predicted octanol–water partition coefficient (Wildman–Crippen LogP) is 0.985. The molecule has 0 bridgehead atoms. The van der Waals surface area contributed by atoms with Crippen LogP contribution in [0.3, 0.4) is 0 Å². The van der Waals surface area contributed by atoms with Crippen molar-refractivity contribution in [3.63, 3.8) is 0 Å². The van der Waals surface area contributed by atoms with Crippen molar-refractivity contribution in [2.24, 2.45) is 0 Å². The molecule has 0 radical (unpaired) electrons. The van der Waals surface area contributed by atoms with Gasteiger partial charge in [0, 0.05) is 39.0 Å². The van der Waals surface area contributed by atoms with Crippen molar-refractivity contribution in [2.45, 2.75) is 32.4 Å². The fraction of sp³-hybridized carbons (Fsp3) is 0.714. The zero-order chi connectivity index (χ0) is 13.5. The van der Waals surface area contributed by atoms with Gasteiger partial charge in [0.05, 0.1) is 12.3 Å². The van der Waals surface area contributed by atoms with E-state index in [1.54, 1.807) is 7.11 Å². The molecule has 1 unspecified atom stereocenters. The van der Waals surface area contributed by atoms with Crippen LogP contribution in [0.25, 0.3) is 0 Å². The number of nitrogens with zero attached hydrogens (tertiary/aromatic N) is 3. The summed E-state index contributed by atoms with van der Waals surface area (Å²) in [4.78, 5) is 11.0. The number of nitrogens with one attached hydrogen (secondary N) is 1. The summed E-state index contributed by atoms with van der Waals surface area (Å²) >= 11 is 0. The van der Waals surface area contributed by atoms with Gasteiger partial charge in [0.15, 0.2) is 0 Å². The van der Waals surface area contributed by atoms with Gasteiger partial charge in [-0.1, -0.05) is 0 Å². The molecule has 1 atom stereocenters. The lowest BCUT2D eigenvalue weighted by Gasteiger charge is -2.25. The Kier molecular flexibility index (Phi) is 5.69. The summed E-state index contributed by atoms with van der Waals surface area (Å²) < 4.78 is 5.20. The molecule has 19 heavy (non-hydrogen) atoms. The largest absolute Gasteiger partial charge is 0.383 e. The molecular formula is C14H24N4O. The first kappa shape index (κ1) is 14.4. The average Bonchev–Trinajstić information content (AvgIpc) is 2.89. The first-order valence-electron chi connectivity index (χ1n) is 7.01. The Balaban J connectivity index is 1.92. The van der Waals surface area contributed by atoms with Crippen LogP contribution in [-0.4, -0.2) is 54.3 Å². The standard InChI is InChI=1S/C14H24N4O/c1-12-15-7-5-14(17-12)11-18(8-9-19-2)10-13-4-3-6-16-13/h5,7,13,16H,3-4,6,8-11H2,1-2H3. The van der Waals surface area contributed by atoms with Crippen LogP contribution in [0.2, 0.25) is 0 Å². The smallest absolute Gasteiger partial charge is 0.125 e. The van der Waals surface area contributed by atoms with Crippen molar-refractivity contribution in [1.29, 1.82) is 0 Å². The highest BCUT2D eigenvalue weighted by Crippen LogP contribution is 2.09. The van der Waals surface area contributed by atoms with E-state index in [9.17, 15) is 0 Å². The van der Waals surface area contributed by atoms with E-state index in [-0.39, 0.29) is 0 Å². The predicted molar refractivity (Wildman–Crippen MR) is 74.9 cm³/mol. The Hall–Kier alpha value is -1.04. The average molecular weight is 264 g/mol. The molecule has 2 rings (SSSR count). The van der Waals surface area contributed by atoms with E-state index >= 15 is 0 Å². The fourth-order valence-electron chi connectivity index (χ4n) is 2.50. The second-order valence-electron chi connectivity index (χ2n) is 5.12. The molecule has 0 spiro atoms. The summed E-state index contributed by atoms with van der Waals surface area (Å²) in [5, 5.41) is 3.55. The van der Waals surface area contributed by atoms with Crippen LogP contribution in [0.5, 0.6) is 0 Å². The van der Waals surface area contributed by atoms with Gasteiger partial charge >= 0.3 is 0 Å². The molecule has 2 heterocycles. The van der Waals surface area contributed by atoms with Crippen molar-refractivity contribution in [2.75, 3.05) is 33.4 Å². The Morgan fingerprint density at radius 3 is 3.11 bits per heavy atom. The molecule has 0 saturated carbocycles. The molecule has 1 N–H and O–H groups in total. The van der Waals surface area contributed by atoms with E-state index in [2.05, 4.69) is 20.2 Å². The van der Waals surface area contributed by atoms with E-state index in [1.165, 1.54) is 12.8 Å². The van der Waals surface area contributed by atoms with E-state index < -0.39 is 0 Å². The minimum absolute atomic E-state index is 0.611. The fourth-order valence-corrected chi connectivity index (χ4v) is 2.50. The Morgan fingerprint density at radius 2 is 2.42 bits per heavy atom. The minimum atomic E-state index is 0.611. The molecule has 1 aromatic rings. The van der Waals surface area contributed by atoms with Gasteiger partial charge in [-0.3, -0.25) is 4.90 Å². The molecule has 1 aliphatic rings. The normalized spacial score (nSPS) is 19.2. The maximum atomic E-state index is 5.20. The van der Waals surface area contributed by atoms with Crippen molar-refractivity contribution >= 4 is 0 Å². The first-order valence-corrected chi connectivity index (χ1v) is 7.01. The Morgan fingerprint density at radius 1 is 1.53 bits per heavy atom. The van der Waals surface area contributed by atoms with Crippen molar-refractivity contribution in [3.05, 3.63) is 23.8 Å². The van der Waals surface area contributed by atoms with E-state index in [0.717, 1.165) is 44.3 Å². The summed E-state index contributed by atoms with van der Waals surface area (Å²) in [5.41, 5.74) is 1.08. The second kappa shape index (κ2) is 7.53. The lowest BCUT2D eigenvalue weighted by molar-refractivity contribution is 0.137. The number of aryl methyl sites for hydroxylation is 1. The summed E-state index contributed by atoms with van der Waals surface area (Å²) in [6.07, 6.45) is 4.39. The van der Waals surface area contributed by atoms with E-state index in [1.807, 2.05) is 19.2 Å². The Labute approximate surface area is 115 Å². The maximum absolute atomic E-state index is 5.20. The number of ether oxygens (including phenoxy) is 1. The topological polar surface area (TPSA) is 50.3 Å².